The first-order valence-electron chi connectivity index (χ1n) is 7.69. The second-order valence-corrected chi connectivity index (χ2v) is 6.56. The Kier molecular flexibility index (Phi) is 4.92. The van der Waals surface area contributed by atoms with Crippen LogP contribution in [0.1, 0.15) is 34.5 Å². The molecule has 0 atom stereocenters. The minimum Gasteiger partial charge on any atom is -0.508 e. The molecule has 120 valence electrons. The van der Waals surface area contributed by atoms with Crippen LogP contribution in [0.5, 0.6) is 5.75 Å². The first-order valence-corrected chi connectivity index (χ1v) is 8.51. The minimum absolute atomic E-state index is 0.133. The van der Waals surface area contributed by atoms with Gasteiger partial charge in [-0.1, -0.05) is 0 Å². The van der Waals surface area contributed by atoms with Crippen molar-refractivity contribution >= 4 is 28.5 Å². The summed E-state index contributed by atoms with van der Waals surface area (Å²) in [6.45, 7) is 2.24. The van der Waals surface area contributed by atoms with Crippen molar-refractivity contribution in [3.8, 4) is 5.75 Å². The maximum atomic E-state index is 11.9. The van der Waals surface area contributed by atoms with Gasteiger partial charge in [0.05, 0.1) is 11.2 Å². The Morgan fingerprint density at radius 2 is 1.87 bits per heavy atom. The summed E-state index contributed by atoms with van der Waals surface area (Å²) in [5.41, 5.74) is 2.96. The zero-order valence-corrected chi connectivity index (χ0v) is 13.6. The zero-order chi connectivity index (χ0) is 16.1. The number of amides is 1. The molecule has 3 rings (SSSR count). The van der Waals surface area contributed by atoms with Gasteiger partial charge in [0.1, 0.15) is 5.75 Å². The van der Waals surface area contributed by atoms with E-state index in [4.69, 9.17) is 0 Å². The van der Waals surface area contributed by atoms with Crippen LogP contribution < -0.4 is 10.3 Å². The van der Waals surface area contributed by atoms with Gasteiger partial charge in [0.25, 0.3) is 5.91 Å². The number of hydrazone groups is 1. The number of aromatic hydroxyl groups is 1. The van der Waals surface area contributed by atoms with Crippen LogP contribution in [0.15, 0.2) is 41.5 Å². The summed E-state index contributed by atoms with van der Waals surface area (Å²) in [4.78, 5) is 15.3. The van der Waals surface area contributed by atoms with Crippen molar-refractivity contribution in [2.24, 2.45) is 5.10 Å². The minimum atomic E-state index is -0.297. The quantitative estimate of drug-likeness (QED) is 0.669. The van der Waals surface area contributed by atoms with Gasteiger partial charge in [-0.3, -0.25) is 4.79 Å². The molecule has 23 heavy (non-hydrogen) atoms. The van der Waals surface area contributed by atoms with Gasteiger partial charge in [-0.2, -0.15) is 5.10 Å². The van der Waals surface area contributed by atoms with Crippen LogP contribution in [-0.4, -0.2) is 30.3 Å². The summed E-state index contributed by atoms with van der Waals surface area (Å²) in [5.74, 6) is -0.164. The molecule has 0 radical (unpaired) electrons. The zero-order valence-electron chi connectivity index (χ0n) is 12.7. The van der Waals surface area contributed by atoms with Crippen LogP contribution in [0, 0.1) is 0 Å². The Hall–Kier alpha value is -2.34. The molecule has 2 N–H and O–H groups in total. The van der Waals surface area contributed by atoms with E-state index < -0.39 is 0 Å². The number of nitrogens with zero attached hydrogens (tertiary/aromatic N) is 2. The van der Waals surface area contributed by atoms with Gasteiger partial charge < -0.3 is 10.0 Å². The molecule has 5 nitrogen and oxygen atoms in total. The van der Waals surface area contributed by atoms with Crippen LogP contribution in [0.4, 0.5) is 5.00 Å². The number of phenols is 1. The second-order valence-electron chi connectivity index (χ2n) is 5.47. The molecule has 6 heteroatoms. The van der Waals surface area contributed by atoms with Crippen molar-refractivity contribution in [1.29, 1.82) is 0 Å². The number of hydrogen-bond donors (Lipinski definition) is 2. The molecule has 1 aromatic heterocycles. The molecular formula is C17H19N3O2S. The van der Waals surface area contributed by atoms with Gasteiger partial charge in [0.15, 0.2) is 0 Å². The maximum Gasteiger partial charge on any atom is 0.271 e. The third kappa shape index (κ3) is 4.10. The van der Waals surface area contributed by atoms with Crippen LogP contribution in [0.3, 0.4) is 0 Å². The summed E-state index contributed by atoms with van der Waals surface area (Å²) in [7, 11) is 0. The van der Waals surface area contributed by atoms with Crippen molar-refractivity contribution in [2.45, 2.75) is 19.3 Å². The van der Waals surface area contributed by atoms with Crippen molar-refractivity contribution < 1.29 is 9.90 Å². The smallest absolute Gasteiger partial charge is 0.271 e. The lowest BCUT2D eigenvalue weighted by molar-refractivity contribution is 0.0955. The van der Waals surface area contributed by atoms with Gasteiger partial charge in [-0.05, 0) is 55.7 Å². The largest absolute Gasteiger partial charge is 0.508 e. The number of benzene rings is 1. The lowest BCUT2D eigenvalue weighted by Crippen LogP contribution is -2.28. The maximum absolute atomic E-state index is 11.9. The van der Waals surface area contributed by atoms with Crippen molar-refractivity contribution in [3.63, 3.8) is 0 Å². The molecule has 0 unspecified atom stereocenters. The van der Waals surface area contributed by atoms with Crippen LogP contribution >= 0.6 is 11.3 Å². The highest BCUT2D eigenvalue weighted by Gasteiger charge is 2.12. The van der Waals surface area contributed by atoms with E-state index in [1.807, 2.05) is 6.07 Å². The fraction of sp³-hybridized carbons (Fsp3) is 0.294. The molecule has 1 saturated heterocycles. The van der Waals surface area contributed by atoms with E-state index in [0.29, 0.717) is 5.56 Å². The predicted octanol–water partition coefficient (Wildman–Crippen LogP) is 3.21. The summed E-state index contributed by atoms with van der Waals surface area (Å²) in [6.07, 6.45) is 5.49. The first-order chi connectivity index (χ1) is 11.2. The monoisotopic (exact) mass is 329 g/mol. The normalized spacial score (nSPS) is 15.0. The molecule has 0 aliphatic carbocycles. The second kappa shape index (κ2) is 7.28. The van der Waals surface area contributed by atoms with E-state index in [1.54, 1.807) is 29.7 Å². The number of carbonyl (C=O) groups is 1. The number of thiophene rings is 1. The lowest BCUT2D eigenvalue weighted by Gasteiger charge is -2.27. The Morgan fingerprint density at radius 3 is 2.61 bits per heavy atom. The standard InChI is InChI=1S/C17H19N3O2S/c21-14-6-4-13(5-7-14)17(22)19-18-12-15-8-9-16(23-15)20-10-2-1-3-11-20/h4-9,12,21H,1-3,10-11H2,(H,19,22)/b18-12-. The van der Waals surface area contributed by atoms with Gasteiger partial charge >= 0.3 is 0 Å². The van der Waals surface area contributed by atoms with E-state index in [9.17, 15) is 9.90 Å². The van der Waals surface area contributed by atoms with Crippen LogP contribution in [-0.2, 0) is 0 Å². The summed E-state index contributed by atoms with van der Waals surface area (Å²) in [5, 5.41) is 14.5. The average Bonchev–Trinajstić information content (AvgIpc) is 3.05. The fourth-order valence-electron chi connectivity index (χ4n) is 2.53. The summed E-state index contributed by atoms with van der Waals surface area (Å²) < 4.78 is 0. The number of phenolic OH excluding ortho intramolecular Hbond substituents is 1. The van der Waals surface area contributed by atoms with E-state index in [0.717, 1.165) is 18.0 Å². The Bertz CT molecular complexity index is 688. The predicted molar refractivity (Wildman–Crippen MR) is 93.6 cm³/mol. The van der Waals surface area contributed by atoms with Gasteiger partial charge in [-0.25, -0.2) is 5.43 Å². The molecule has 1 aliphatic rings. The highest BCUT2D eigenvalue weighted by atomic mass is 32.1. The Morgan fingerprint density at radius 1 is 1.13 bits per heavy atom. The van der Waals surface area contributed by atoms with Crippen LogP contribution in [0.25, 0.3) is 0 Å². The molecule has 1 fully saturated rings. The molecule has 0 saturated carbocycles. The number of rotatable bonds is 4. The highest BCUT2D eigenvalue weighted by Crippen LogP contribution is 2.27. The molecule has 1 aliphatic heterocycles. The Balaban J connectivity index is 1.56. The van der Waals surface area contributed by atoms with E-state index in [2.05, 4.69) is 21.5 Å². The third-order valence-corrected chi connectivity index (χ3v) is 4.85. The van der Waals surface area contributed by atoms with E-state index >= 15 is 0 Å². The highest BCUT2D eigenvalue weighted by molar-refractivity contribution is 7.17. The third-order valence-electron chi connectivity index (χ3n) is 3.77. The molecule has 0 bridgehead atoms. The van der Waals surface area contributed by atoms with Crippen molar-refractivity contribution in [3.05, 3.63) is 46.8 Å². The average molecular weight is 329 g/mol. The first kappa shape index (κ1) is 15.6. The SMILES string of the molecule is O=C(N/N=C\c1ccc(N2CCCCC2)s1)c1ccc(O)cc1. The van der Waals surface area contributed by atoms with Gasteiger partial charge in [-0.15, -0.1) is 11.3 Å². The van der Waals surface area contributed by atoms with Gasteiger partial charge in [0.2, 0.25) is 0 Å². The lowest BCUT2D eigenvalue weighted by atomic mass is 10.1. The fourth-order valence-corrected chi connectivity index (χ4v) is 3.46. The molecular weight excluding hydrogens is 310 g/mol. The molecule has 1 aromatic carbocycles. The van der Waals surface area contributed by atoms with E-state index in [1.165, 1.54) is 36.4 Å². The summed E-state index contributed by atoms with van der Waals surface area (Å²) in [6, 6.07) is 10.2. The number of carbonyl (C=O) groups excluding carboxylic acids is 1. The van der Waals surface area contributed by atoms with Gasteiger partial charge in [0, 0.05) is 23.5 Å². The molecule has 0 spiro atoms. The Labute approximate surface area is 139 Å². The number of piperidine rings is 1. The molecule has 2 heterocycles. The van der Waals surface area contributed by atoms with Crippen molar-refractivity contribution in [1.82, 2.24) is 5.43 Å². The van der Waals surface area contributed by atoms with Crippen LogP contribution in [0.2, 0.25) is 0 Å². The molecule has 2 aromatic rings. The topological polar surface area (TPSA) is 64.9 Å². The number of anilines is 1. The van der Waals surface area contributed by atoms with E-state index in [-0.39, 0.29) is 11.7 Å². The summed E-state index contributed by atoms with van der Waals surface area (Å²) >= 11 is 1.68. The van der Waals surface area contributed by atoms with Crippen molar-refractivity contribution in [2.75, 3.05) is 18.0 Å². The number of hydrogen-bond acceptors (Lipinski definition) is 5. The molecule has 1 amide bonds. The number of nitrogens with one attached hydrogen (secondary N) is 1.